The number of nitrogens with one attached hydrogen (secondary N) is 1. The molecule has 47 heavy (non-hydrogen) atoms. The van der Waals surface area contributed by atoms with Crippen molar-refractivity contribution in [1.29, 1.82) is 0 Å². The normalized spacial score (nSPS) is 24.3. The van der Waals surface area contributed by atoms with E-state index >= 15 is 0 Å². The van der Waals surface area contributed by atoms with E-state index in [2.05, 4.69) is 48.4 Å². The predicted octanol–water partition coefficient (Wildman–Crippen LogP) is 2.46. The molecule has 4 aliphatic rings. The van der Waals surface area contributed by atoms with Gasteiger partial charge in [-0.3, -0.25) is 14.6 Å². The third-order valence-electron chi connectivity index (χ3n) is 10.0. The van der Waals surface area contributed by atoms with Gasteiger partial charge in [-0.05, 0) is 75.0 Å². The van der Waals surface area contributed by atoms with Gasteiger partial charge in [-0.25, -0.2) is 0 Å². The Bertz CT molecular complexity index is 1540. The van der Waals surface area contributed by atoms with Gasteiger partial charge in [0.2, 0.25) is 5.91 Å². The van der Waals surface area contributed by atoms with Crippen molar-refractivity contribution in [3.8, 4) is 22.9 Å². The number of nitrogens with zero attached hydrogens (tertiary/aromatic N) is 7. The minimum absolute atomic E-state index is 0.0558. The number of aliphatic hydroxyl groups excluding tert-OH is 1. The smallest absolute Gasteiger partial charge is 0.254 e. The Hall–Kier alpha value is -3.94. The summed E-state index contributed by atoms with van der Waals surface area (Å²) in [5.74, 6) is 2.52. The lowest BCUT2D eigenvalue weighted by Gasteiger charge is -2.46. The second kappa shape index (κ2) is 14.0. The van der Waals surface area contributed by atoms with Crippen LogP contribution in [0.3, 0.4) is 0 Å². The van der Waals surface area contributed by atoms with Gasteiger partial charge in [0, 0.05) is 64.0 Å². The van der Waals surface area contributed by atoms with Gasteiger partial charge in [0.25, 0.3) is 5.88 Å². The van der Waals surface area contributed by atoms with Gasteiger partial charge in [0.1, 0.15) is 17.6 Å². The molecule has 0 aliphatic carbocycles. The first-order valence-corrected chi connectivity index (χ1v) is 17.1. The summed E-state index contributed by atoms with van der Waals surface area (Å²) in [6.45, 7) is 10.9. The Morgan fingerprint density at radius 2 is 1.96 bits per heavy atom. The van der Waals surface area contributed by atoms with Crippen molar-refractivity contribution < 1.29 is 24.3 Å². The molecular formula is C34H46N8O5. The average Bonchev–Trinajstić information content (AvgIpc) is 3.64. The number of hydrogen-bond donors (Lipinski definition) is 3. The number of likely N-dealkylation sites (tertiary alicyclic amines) is 2. The molecule has 2 unspecified atom stereocenters. The van der Waals surface area contributed by atoms with Crippen molar-refractivity contribution in [2.45, 2.75) is 57.3 Å². The molecule has 1 amide bonds. The number of anilines is 2. The van der Waals surface area contributed by atoms with E-state index in [-0.39, 0.29) is 24.2 Å². The number of fused-ring (bicyclic) bond motifs is 3. The molecule has 3 aromatic rings. The number of carbonyl (C=O) groups excluding carboxylic acids is 1. The number of phenols is 1. The number of carbonyl (C=O) groups is 1. The first kappa shape index (κ1) is 31.6. The number of ether oxygens (including phenoxy) is 1. The van der Waals surface area contributed by atoms with E-state index in [4.69, 9.17) is 9.26 Å². The van der Waals surface area contributed by atoms with Crippen LogP contribution in [0.1, 0.15) is 38.4 Å². The number of amides is 1. The third kappa shape index (κ3) is 7.47. The van der Waals surface area contributed by atoms with E-state index in [1.165, 1.54) is 19.3 Å². The fraction of sp³-hybridized carbons (Fsp3) is 0.588. The summed E-state index contributed by atoms with van der Waals surface area (Å²) >= 11 is 0. The van der Waals surface area contributed by atoms with Crippen molar-refractivity contribution in [3.05, 3.63) is 42.2 Å². The topological polar surface area (TPSA) is 144 Å². The monoisotopic (exact) mass is 646 g/mol. The van der Waals surface area contributed by atoms with Gasteiger partial charge in [0.05, 0.1) is 29.9 Å². The molecule has 252 valence electrons. The number of para-hydroxylation sites is 1. The summed E-state index contributed by atoms with van der Waals surface area (Å²) in [6, 6.07) is 11.4. The highest BCUT2D eigenvalue weighted by Gasteiger charge is 2.34. The summed E-state index contributed by atoms with van der Waals surface area (Å²) < 4.78 is 11.4. The highest BCUT2D eigenvalue weighted by atomic mass is 16.5. The van der Waals surface area contributed by atoms with E-state index in [1.54, 1.807) is 17.0 Å². The van der Waals surface area contributed by atoms with E-state index in [0.29, 0.717) is 54.4 Å². The number of rotatable bonds is 9. The van der Waals surface area contributed by atoms with Crippen LogP contribution in [0.2, 0.25) is 0 Å². The number of aliphatic hydroxyl groups is 1. The molecule has 0 radical (unpaired) electrons. The van der Waals surface area contributed by atoms with Gasteiger partial charge in [-0.1, -0.05) is 12.1 Å². The molecule has 1 aromatic carbocycles. The summed E-state index contributed by atoms with van der Waals surface area (Å²) in [6.07, 6.45) is 3.82. The van der Waals surface area contributed by atoms with Crippen LogP contribution in [0, 0.1) is 5.92 Å². The first-order valence-electron chi connectivity index (χ1n) is 17.1. The maximum absolute atomic E-state index is 12.5. The van der Waals surface area contributed by atoms with Crippen LogP contribution in [0.5, 0.6) is 11.6 Å². The number of β-amino-alcohol motifs (C(OH)–C–C–N with tert-alkyl or cyclic N) is 1. The first-order chi connectivity index (χ1) is 22.9. The lowest BCUT2D eigenvalue weighted by atomic mass is 9.98. The lowest BCUT2D eigenvalue weighted by molar-refractivity contribution is -0.130. The lowest BCUT2D eigenvalue weighted by Crippen LogP contribution is -2.58. The minimum atomic E-state index is -0.435. The molecule has 0 saturated carbocycles. The zero-order valence-electron chi connectivity index (χ0n) is 27.1. The van der Waals surface area contributed by atoms with Gasteiger partial charge in [0.15, 0.2) is 5.82 Å². The Labute approximate surface area is 275 Å². The van der Waals surface area contributed by atoms with Gasteiger partial charge in [-0.15, -0.1) is 10.2 Å². The van der Waals surface area contributed by atoms with Crippen LogP contribution in [0.15, 0.2) is 40.9 Å². The molecule has 0 bridgehead atoms. The van der Waals surface area contributed by atoms with Crippen LogP contribution in [-0.4, -0.2) is 130 Å². The highest BCUT2D eigenvalue weighted by molar-refractivity contribution is 5.78. The second-order valence-corrected chi connectivity index (χ2v) is 13.6. The molecule has 3 N–H and O–H groups in total. The standard InChI is InChI=1S/C34H46N8O5/c1-23(46-32-15-27(47-38-32)16-33(45)41-12-9-26(43)22-41)19-39-10-4-5-24(8-11-39)20-40-13-14-42-25(21-40)18-35-34-30(42)17-29(36-37-34)28-6-2-3-7-31(28)44/h2-3,6-7,15,17,23-26,43-44H,4-5,8-14,16,18-22H2,1H3,(H,35,37)/t23?,24?,25-,26+/m0/s1. The molecule has 3 saturated heterocycles. The number of piperazine rings is 1. The highest BCUT2D eigenvalue weighted by Crippen LogP contribution is 2.36. The van der Waals surface area contributed by atoms with Crippen molar-refractivity contribution >= 4 is 17.4 Å². The number of phenolic OH excluding ortho intramolecular Hbond substituents is 1. The zero-order chi connectivity index (χ0) is 32.3. The maximum Gasteiger partial charge on any atom is 0.254 e. The largest absolute Gasteiger partial charge is 0.507 e. The summed E-state index contributed by atoms with van der Waals surface area (Å²) in [7, 11) is 0. The average molecular weight is 647 g/mol. The molecule has 0 spiro atoms. The molecule has 13 nitrogen and oxygen atoms in total. The molecule has 4 atom stereocenters. The van der Waals surface area contributed by atoms with Gasteiger partial charge >= 0.3 is 0 Å². The van der Waals surface area contributed by atoms with Crippen molar-refractivity contribution in [2.24, 2.45) is 5.92 Å². The summed E-state index contributed by atoms with van der Waals surface area (Å²) in [4.78, 5) is 21.7. The maximum atomic E-state index is 12.5. The number of aromatic nitrogens is 3. The Balaban J connectivity index is 0.865. The van der Waals surface area contributed by atoms with Gasteiger partial charge < -0.3 is 34.6 Å². The summed E-state index contributed by atoms with van der Waals surface area (Å²) in [5.41, 5.74) is 2.45. The van der Waals surface area contributed by atoms with Gasteiger partial charge in [-0.2, -0.15) is 0 Å². The second-order valence-electron chi connectivity index (χ2n) is 13.6. The Kier molecular flexibility index (Phi) is 9.46. The Morgan fingerprint density at radius 1 is 1.06 bits per heavy atom. The van der Waals surface area contributed by atoms with Crippen LogP contribution in [0.25, 0.3) is 11.3 Å². The fourth-order valence-corrected chi connectivity index (χ4v) is 7.56. The molecule has 6 heterocycles. The third-order valence-corrected chi connectivity index (χ3v) is 10.0. The van der Waals surface area contributed by atoms with Crippen molar-refractivity contribution in [2.75, 3.05) is 75.7 Å². The minimum Gasteiger partial charge on any atom is -0.507 e. The Morgan fingerprint density at radius 3 is 2.81 bits per heavy atom. The molecule has 4 aliphatic heterocycles. The molecule has 2 aromatic heterocycles. The molecular weight excluding hydrogens is 600 g/mol. The van der Waals surface area contributed by atoms with Crippen molar-refractivity contribution in [1.82, 2.24) is 30.1 Å². The quantitative estimate of drug-likeness (QED) is 0.314. The fourth-order valence-electron chi connectivity index (χ4n) is 7.56. The molecule has 7 rings (SSSR count). The SMILES string of the molecule is CC(CN1CCCC(CN2CCN3c4cc(-c5ccccc5O)nnc4NC[C@H]3C2)CC1)Oc1cc(CC(=O)N2CC[C@@H](O)C2)on1. The van der Waals surface area contributed by atoms with Crippen molar-refractivity contribution in [3.63, 3.8) is 0 Å². The van der Waals surface area contributed by atoms with E-state index in [1.807, 2.05) is 18.2 Å². The van der Waals surface area contributed by atoms with E-state index in [0.717, 1.165) is 63.9 Å². The van der Waals surface area contributed by atoms with Crippen LogP contribution < -0.4 is 15.0 Å². The van der Waals surface area contributed by atoms with E-state index < -0.39 is 6.10 Å². The van der Waals surface area contributed by atoms with Crippen LogP contribution in [0.4, 0.5) is 11.5 Å². The van der Waals surface area contributed by atoms with Crippen LogP contribution in [-0.2, 0) is 11.2 Å². The zero-order valence-corrected chi connectivity index (χ0v) is 27.1. The number of hydrogen-bond acceptors (Lipinski definition) is 12. The van der Waals surface area contributed by atoms with E-state index in [9.17, 15) is 15.0 Å². The molecule has 3 fully saturated rings. The van der Waals surface area contributed by atoms with Crippen LogP contribution >= 0.6 is 0 Å². The number of benzene rings is 1. The summed E-state index contributed by atoms with van der Waals surface area (Å²) in [5, 5.41) is 36.4. The predicted molar refractivity (Wildman–Crippen MR) is 176 cm³/mol. The number of aromatic hydroxyl groups is 1. The molecule has 13 heteroatoms.